The summed E-state index contributed by atoms with van der Waals surface area (Å²) >= 11 is 0. The molecule has 0 fully saturated rings. The summed E-state index contributed by atoms with van der Waals surface area (Å²) in [5.41, 5.74) is 5.55. The third-order valence-corrected chi connectivity index (χ3v) is 7.52. The molecule has 7 heteroatoms. The van der Waals surface area contributed by atoms with Crippen LogP contribution in [0.4, 0.5) is 0 Å². The number of ether oxygens (including phenoxy) is 1. The first kappa shape index (κ1) is 25.5. The van der Waals surface area contributed by atoms with Gasteiger partial charge in [-0.1, -0.05) is 62.2 Å². The minimum atomic E-state index is -3.65. The van der Waals surface area contributed by atoms with E-state index >= 15 is 0 Å². The van der Waals surface area contributed by atoms with Crippen molar-refractivity contribution < 1.29 is 17.9 Å². The first-order chi connectivity index (χ1) is 17.3. The number of fused-ring (bicyclic) bond motifs is 1. The minimum absolute atomic E-state index is 0.0472. The van der Waals surface area contributed by atoms with Crippen LogP contribution in [0.25, 0.3) is 10.9 Å². The first-order valence-electron chi connectivity index (χ1n) is 12.3. The molecule has 0 aliphatic rings. The predicted molar refractivity (Wildman–Crippen MR) is 144 cm³/mol. The van der Waals surface area contributed by atoms with Crippen molar-refractivity contribution in [2.24, 2.45) is 0 Å². The van der Waals surface area contributed by atoms with Gasteiger partial charge in [0.2, 0.25) is 10.0 Å². The predicted octanol–water partition coefficient (Wildman–Crippen LogP) is 5.90. The number of sulfonamides is 1. The number of aromatic amines is 1. The van der Waals surface area contributed by atoms with Crippen LogP contribution < -0.4 is 9.46 Å². The molecular formula is C29H32N2O4S. The number of hydrogen-bond acceptors (Lipinski definition) is 4. The standard InChI is InChI=1S/C29H32N2O4S/c1-3-4-8-17-36(33,34)31-29(32)24-13-16-28-27(19-24)26(21(2)30-28)18-22-11-14-25(15-12-22)35-20-23-9-6-5-7-10-23/h5-7,9-16,19,30H,3-4,8,17-18,20H2,1-2H3,(H,31,32). The Morgan fingerprint density at radius 2 is 1.69 bits per heavy atom. The van der Waals surface area contributed by atoms with Gasteiger partial charge in [-0.15, -0.1) is 0 Å². The van der Waals surface area contributed by atoms with Crippen molar-refractivity contribution in [2.75, 3.05) is 5.75 Å². The average Bonchev–Trinajstić information content (AvgIpc) is 3.18. The minimum Gasteiger partial charge on any atom is -0.489 e. The van der Waals surface area contributed by atoms with Gasteiger partial charge in [-0.25, -0.2) is 13.1 Å². The fraction of sp³-hybridized carbons (Fsp3) is 0.276. The fourth-order valence-corrected chi connectivity index (χ4v) is 5.28. The molecule has 0 saturated carbocycles. The summed E-state index contributed by atoms with van der Waals surface area (Å²) in [6.45, 7) is 4.52. The van der Waals surface area contributed by atoms with Crippen LogP contribution in [0.1, 0.15) is 58.9 Å². The third-order valence-electron chi connectivity index (χ3n) is 6.20. The zero-order valence-corrected chi connectivity index (χ0v) is 21.5. The van der Waals surface area contributed by atoms with Gasteiger partial charge in [-0.05, 0) is 66.8 Å². The van der Waals surface area contributed by atoms with Gasteiger partial charge >= 0.3 is 0 Å². The van der Waals surface area contributed by atoms with Gasteiger partial charge in [-0.3, -0.25) is 4.79 Å². The van der Waals surface area contributed by atoms with Crippen molar-refractivity contribution >= 4 is 26.8 Å². The van der Waals surface area contributed by atoms with Crippen LogP contribution in [0.3, 0.4) is 0 Å². The van der Waals surface area contributed by atoms with Crippen molar-refractivity contribution in [2.45, 2.75) is 46.1 Å². The lowest BCUT2D eigenvalue weighted by Crippen LogP contribution is -2.32. The molecule has 0 aliphatic carbocycles. The molecule has 0 aliphatic heterocycles. The van der Waals surface area contributed by atoms with E-state index in [1.165, 1.54) is 0 Å². The van der Waals surface area contributed by atoms with Crippen LogP contribution in [0, 0.1) is 6.92 Å². The number of aromatic nitrogens is 1. The Kier molecular flexibility index (Phi) is 8.10. The van der Waals surface area contributed by atoms with Crippen LogP contribution in [0.15, 0.2) is 72.8 Å². The van der Waals surface area contributed by atoms with Gasteiger partial charge in [-0.2, -0.15) is 0 Å². The Bertz CT molecular complexity index is 1430. The number of nitrogens with one attached hydrogen (secondary N) is 2. The maximum Gasteiger partial charge on any atom is 0.264 e. The summed E-state index contributed by atoms with van der Waals surface area (Å²) in [6.07, 6.45) is 2.94. The quantitative estimate of drug-likeness (QED) is 0.249. The molecule has 4 aromatic rings. The fourth-order valence-electron chi connectivity index (χ4n) is 4.19. The van der Waals surface area contributed by atoms with Gasteiger partial charge in [0, 0.05) is 22.2 Å². The van der Waals surface area contributed by atoms with E-state index in [4.69, 9.17) is 4.74 Å². The zero-order chi connectivity index (χ0) is 25.5. The molecule has 0 radical (unpaired) electrons. The van der Waals surface area contributed by atoms with E-state index < -0.39 is 15.9 Å². The lowest BCUT2D eigenvalue weighted by atomic mass is 10.0. The van der Waals surface area contributed by atoms with Gasteiger partial charge in [0.1, 0.15) is 12.4 Å². The van der Waals surface area contributed by atoms with Crippen molar-refractivity contribution in [3.63, 3.8) is 0 Å². The number of benzene rings is 3. The highest BCUT2D eigenvalue weighted by Gasteiger charge is 2.18. The molecule has 1 amide bonds. The molecule has 1 aromatic heterocycles. The summed E-state index contributed by atoms with van der Waals surface area (Å²) in [4.78, 5) is 16.1. The zero-order valence-electron chi connectivity index (χ0n) is 20.7. The molecule has 1 heterocycles. The Morgan fingerprint density at radius 1 is 0.944 bits per heavy atom. The number of H-pyrrole nitrogens is 1. The van der Waals surface area contributed by atoms with Crippen LogP contribution in [0.2, 0.25) is 0 Å². The average molecular weight is 505 g/mol. The number of aryl methyl sites for hydroxylation is 1. The molecule has 0 bridgehead atoms. The van der Waals surface area contributed by atoms with E-state index in [9.17, 15) is 13.2 Å². The van der Waals surface area contributed by atoms with E-state index in [1.807, 2.05) is 74.5 Å². The molecule has 2 N–H and O–H groups in total. The van der Waals surface area contributed by atoms with Crippen LogP contribution >= 0.6 is 0 Å². The van der Waals surface area contributed by atoms with Crippen molar-refractivity contribution in [3.05, 3.63) is 101 Å². The van der Waals surface area contributed by atoms with E-state index in [-0.39, 0.29) is 5.75 Å². The first-order valence-corrected chi connectivity index (χ1v) is 13.9. The van der Waals surface area contributed by atoms with E-state index in [0.29, 0.717) is 25.0 Å². The molecule has 4 rings (SSSR count). The second-order valence-corrected chi connectivity index (χ2v) is 10.9. The number of rotatable bonds is 11. The van der Waals surface area contributed by atoms with E-state index in [2.05, 4.69) is 9.71 Å². The molecule has 3 aromatic carbocycles. The number of unbranched alkanes of at least 4 members (excludes halogenated alkanes) is 2. The van der Waals surface area contributed by atoms with Gasteiger partial charge in [0.15, 0.2) is 0 Å². The molecule has 0 atom stereocenters. The summed E-state index contributed by atoms with van der Waals surface area (Å²) in [5, 5.41) is 0.910. The highest BCUT2D eigenvalue weighted by Crippen LogP contribution is 2.27. The normalized spacial score (nSPS) is 11.5. The largest absolute Gasteiger partial charge is 0.489 e. The number of hydrogen-bond donors (Lipinski definition) is 2. The maximum atomic E-state index is 12.7. The lowest BCUT2D eigenvalue weighted by Gasteiger charge is -2.09. The third kappa shape index (κ3) is 6.55. The maximum absolute atomic E-state index is 12.7. The Labute approximate surface area is 212 Å². The molecule has 6 nitrogen and oxygen atoms in total. The van der Waals surface area contributed by atoms with Crippen molar-refractivity contribution in [1.82, 2.24) is 9.71 Å². The van der Waals surface area contributed by atoms with Crippen molar-refractivity contribution in [3.8, 4) is 5.75 Å². The number of carbonyl (C=O) groups is 1. The molecule has 0 saturated heterocycles. The second kappa shape index (κ2) is 11.4. The lowest BCUT2D eigenvalue weighted by molar-refractivity contribution is 0.0981. The summed E-state index contributed by atoms with van der Waals surface area (Å²) in [7, 11) is -3.65. The van der Waals surface area contributed by atoms with Gasteiger partial charge < -0.3 is 9.72 Å². The number of carbonyl (C=O) groups excluding carboxylic acids is 1. The highest BCUT2D eigenvalue weighted by molar-refractivity contribution is 7.90. The molecule has 188 valence electrons. The van der Waals surface area contributed by atoms with E-state index in [1.54, 1.807) is 12.1 Å². The van der Waals surface area contributed by atoms with Crippen molar-refractivity contribution in [1.29, 1.82) is 0 Å². The Morgan fingerprint density at radius 3 is 2.42 bits per heavy atom. The monoisotopic (exact) mass is 504 g/mol. The smallest absolute Gasteiger partial charge is 0.264 e. The SMILES string of the molecule is CCCCCS(=O)(=O)NC(=O)c1ccc2[nH]c(C)c(Cc3ccc(OCc4ccccc4)cc3)c2c1. The summed E-state index contributed by atoms with van der Waals surface area (Å²) < 4.78 is 32.6. The number of amides is 1. The van der Waals surface area contributed by atoms with E-state index in [0.717, 1.165) is 51.9 Å². The molecule has 0 spiro atoms. The Balaban J connectivity index is 1.47. The molecule has 36 heavy (non-hydrogen) atoms. The van der Waals surface area contributed by atoms with Crippen LogP contribution in [-0.4, -0.2) is 25.1 Å². The van der Waals surface area contributed by atoms with Gasteiger partial charge in [0.05, 0.1) is 5.75 Å². The molecule has 0 unspecified atom stereocenters. The summed E-state index contributed by atoms with van der Waals surface area (Å²) in [5.74, 6) is 0.157. The van der Waals surface area contributed by atoms with Crippen LogP contribution in [0.5, 0.6) is 5.75 Å². The second-order valence-electron chi connectivity index (χ2n) is 9.04. The van der Waals surface area contributed by atoms with Crippen LogP contribution in [-0.2, 0) is 23.1 Å². The Hall–Kier alpha value is -3.58. The van der Waals surface area contributed by atoms with Gasteiger partial charge in [0.25, 0.3) is 5.91 Å². The topological polar surface area (TPSA) is 88.3 Å². The summed E-state index contributed by atoms with van der Waals surface area (Å²) in [6, 6.07) is 23.3. The highest BCUT2D eigenvalue weighted by atomic mass is 32.2. The molecular weight excluding hydrogens is 472 g/mol.